The summed E-state index contributed by atoms with van der Waals surface area (Å²) in [6, 6.07) is 0. The first-order chi connectivity index (χ1) is 5.91. The zero-order chi connectivity index (χ0) is 9.07. The molecule has 1 nitrogen and oxygen atoms in total. The van der Waals surface area contributed by atoms with Crippen molar-refractivity contribution in [3.05, 3.63) is 0 Å². The molecule has 0 aliphatic rings. The van der Waals surface area contributed by atoms with Crippen molar-refractivity contribution in [3.8, 4) is 12.3 Å². The van der Waals surface area contributed by atoms with Crippen molar-refractivity contribution in [3.63, 3.8) is 0 Å². The van der Waals surface area contributed by atoms with Crippen molar-refractivity contribution in [1.29, 1.82) is 0 Å². The third-order valence-electron chi connectivity index (χ3n) is 1.55. The molecular formula is C10H19NS. The Balaban J connectivity index is 2.78. The third-order valence-corrected chi connectivity index (χ3v) is 2.45. The van der Waals surface area contributed by atoms with Crippen molar-refractivity contribution >= 4 is 11.8 Å². The molecule has 0 radical (unpaired) electrons. The molecular weight excluding hydrogens is 166 g/mol. The van der Waals surface area contributed by atoms with Crippen LogP contribution in [0, 0.1) is 12.3 Å². The Morgan fingerprint density at radius 3 is 2.83 bits per heavy atom. The highest BCUT2D eigenvalue weighted by Crippen LogP contribution is 1.95. The van der Waals surface area contributed by atoms with Gasteiger partial charge in [0.15, 0.2) is 0 Å². The predicted octanol–water partition coefficient (Wildman–Crippen LogP) is 2.13. The SMILES string of the molecule is C#CCCCCNCCSCC. The average Bonchev–Trinajstić information content (AvgIpc) is 2.10. The molecule has 1 N–H and O–H groups in total. The van der Waals surface area contributed by atoms with E-state index in [9.17, 15) is 0 Å². The monoisotopic (exact) mass is 185 g/mol. The van der Waals surface area contributed by atoms with E-state index in [1.165, 1.54) is 17.9 Å². The van der Waals surface area contributed by atoms with Crippen LogP contribution >= 0.6 is 11.8 Å². The molecule has 0 saturated carbocycles. The molecule has 2 heteroatoms. The summed E-state index contributed by atoms with van der Waals surface area (Å²) in [5, 5.41) is 3.39. The quantitative estimate of drug-likeness (QED) is 0.459. The fourth-order valence-corrected chi connectivity index (χ4v) is 1.47. The molecule has 0 aliphatic heterocycles. The maximum absolute atomic E-state index is 5.14. The second kappa shape index (κ2) is 10.9. The molecule has 0 bridgehead atoms. The number of terminal acetylenes is 1. The van der Waals surface area contributed by atoms with Gasteiger partial charge in [-0.2, -0.15) is 11.8 Å². The van der Waals surface area contributed by atoms with Gasteiger partial charge in [-0.15, -0.1) is 12.3 Å². The Morgan fingerprint density at radius 1 is 1.33 bits per heavy atom. The van der Waals surface area contributed by atoms with Gasteiger partial charge in [0.1, 0.15) is 0 Å². The maximum Gasteiger partial charge on any atom is 0.00865 e. The van der Waals surface area contributed by atoms with Gasteiger partial charge in [0, 0.05) is 18.7 Å². The summed E-state index contributed by atoms with van der Waals surface area (Å²) in [4.78, 5) is 0. The Labute approximate surface area is 80.7 Å². The van der Waals surface area contributed by atoms with Gasteiger partial charge >= 0.3 is 0 Å². The van der Waals surface area contributed by atoms with E-state index in [1.807, 2.05) is 11.8 Å². The van der Waals surface area contributed by atoms with E-state index in [0.717, 1.165) is 25.9 Å². The number of rotatable bonds is 8. The molecule has 0 aromatic carbocycles. The lowest BCUT2D eigenvalue weighted by Gasteiger charge is -2.02. The standard InChI is InChI=1S/C10H19NS/c1-3-5-6-7-8-11-9-10-12-4-2/h1,11H,4-10H2,2H3. The van der Waals surface area contributed by atoms with Crippen molar-refractivity contribution in [2.24, 2.45) is 0 Å². The van der Waals surface area contributed by atoms with Crippen LogP contribution in [0.5, 0.6) is 0 Å². The first-order valence-corrected chi connectivity index (χ1v) is 5.79. The topological polar surface area (TPSA) is 12.0 Å². The van der Waals surface area contributed by atoms with Crippen molar-refractivity contribution in [2.75, 3.05) is 24.6 Å². The first-order valence-electron chi connectivity index (χ1n) is 4.63. The third kappa shape index (κ3) is 9.87. The summed E-state index contributed by atoms with van der Waals surface area (Å²) < 4.78 is 0. The van der Waals surface area contributed by atoms with E-state index < -0.39 is 0 Å². The number of thioether (sulfide) groups is 1. The molecule has 0 aromatic heterocycles. The van der Waals surface area contributed by atoms with Crippen LogP contribution in [0.2, 0.25) is 0 Å². The molecule has 0 spiro atoms. The van der Waals surface area contributed by atoms with E-state index in [1.54, 1.807) is 0 Å². The van der Waals surface area contributed by atoms with Crippen LogP contribution in [-0.2, 0) is 0 Å². The summed E-state index contributed by atoms with van der Waals surface area (Å²) in [6.45, 7) is 4.44. The van der Waals surface area contributed by atoms with Gasteiger partial charge in [-0.3, -0.25) is 0 Å². The van der Waals surface area contributed by atoms with E-state index in [0.29, 0.717) is 0 Å². The van der Waals surface area contributed by atoms with Gasteiger partial charge in [-0.05, 0) is 25.1 Å². The predicted molar refractivity (Wildman–Crippen MR) is 58.6 cm³/mol. The highest BCUT2D eigenvalue weighted by molar-refractivity contribution is 7.99. The number of hydrogen-bond donors (Lipinski definition) is 1. The molecule has 12 heavy (non-hydrogen) atoms. The van der Waals surface area contributed by atoms with Gasteiger partial charge in [-0.1, -0.05) is 6.92 Å². The summed E-state index contributed by atoms with van der Waals surface area (Å²) in [5.74, 6) is 5.10. The second-order valence-electron chi connectivity index (χ2n) is 2.61. The second-order valence-corrected chi connectivity index (χ2v) is 4.00. The lowest BCUT2D eigenvalue weighted by molar-refractivity contribution is 0.652. The van der Waals surface area contributed by atoms with Crippen LogP contribution in [0.1, 0.15) is 26.2 Å². The molecule has 0 aliphatic carbocycles. The average molecular weight is 185 g/mol. The molecule has 70 valence electrons. The fourth-order valence-electron chi connectivity index (χ4n) is 0.891. The van der Waals surface area contributed by atoms with Gasteiger partial charge in [0.2, 0.25) is 0 Å². The van der Waals surface area contributed by atoms with Crippen molar-refractivity contribution < 1.29 is 0 Å². The van der Waals surface area contributed by atoms with Crippen LogP contribution in [0.4, 0.5) is 0 Å². The largest absolute Gasteiger partial charge is 0.316 e. The van der Waals surface area contributed by atoms with Crippen molar-refractivity contribution in [1.82, 2.24) is 5.32 Å². The molecule has 0 atom stereocenters. The van der Waals surface area contributed by atoms with Crippen LogP contribution < -0.4 is 5.32 Å². The van der Waals surface area contributed by atoms with E-state index in [4.69, 9.17) is 6.42 Å². The van der Waals surface area contributed by atoms with Crippen LogP contribution in [0.25, 0.3) is 0 Å². The lowest BCUT2D eigenvalue weighted by atomic mass is 10.2. The van der Waals surface area contributed by atoms with Crippen LogP contribution in [0.3, 0.4) is 0 Å². The summed E-state index contributed by atoms with van der Waals surface area (Å²) in [6.07, 6.45) is 8.42. The number of hydrogen-bond acceptors (Lipinski definition) is 2. The maximum atomic E-state index is 5.14. The lowest BCUT2D eigenvalue weighted by Crippen LogP contribution is -2.18. The Morgan fingerprint density at radius 2 is 2.17 bits per heavy atom. The van der Waals surface area contributed by atoms with Gasteiger partial charge < -0.3 is 5.32 Å². The summed E-state index contributed by atoms with van der Waals surface area (Å²) in [7, 11) is 0. The Bertz CT molecular complexity index is 117. The smallest absolute Gasteiger partial charge is 0.00865 e. The zero-order valence-electron chi connectivity index (χ0n) is 7.94. The van der Waals surface area contributed by atoms with E-state index >= 15 is 0 Å². The minimum Gasteiger partial charge on any atom is -0.316 e. The highest BCUT2D eigenvalue weighted by atomic mass is 32.2. The molecule has 0 saturated heterocycles. The zero-order valence-corrected chi connectivity index (χ0v) is 8.75. The highest BCUT2D eigenvalue weighted by Gasteiger charge is 1.87. The molecule has 0 aromatic rings. The van der Waals surface area contributed by atoms with Crippen molar-refractivity contribution in [2.45, 2.75) is 26.2 Å². The Kier molecular flexibility index (Phi) is 10.8. The van der Waals surface area contributed by atoms with E-state index in [2.05, 4.69) is 18.2 Å². The molecule has 0 fully saturated rings. The number of unbranched alkanes of at least 4 members (excludes halogenated alkanes) is 2. The minimum absolute atomic E-state index is 0.922. The van der Waals surface area contributed by atoms with Crippen LogP contribution in [-0.4, -0.2) is 24.6 Å². The van der Waals surface area contributed by atoms with E-state index in [-0.39, 0.29) is 0 Å². The molecule has 0 rings (SSSR count). The summed E-state index contributed by atoms with van der Waals surface area (Å²) >= 11 is 1.98. The Hall–Kier alpha value is -0.130. The molecule has 0 amide bonds. The summed E-state index contributed by atoms with van der Waals surface area (Å²) in [5.41, 5.74) is 0. The molecule has 0 unspecified atom stereocenters. The molecule has 0 heterocycles. The van der Waals surface area contributed by atoms with Gasteiger partial charge in [0.05, 0.1) is 0 Å². The van der Waals surface area contributed by atoms with Gasteiger partial charge in [0.25, 0.3) is 0 Å². The van der Waals surface area contributed by atoms with Crippen LogP contribution in [0.15, 0.2) is 0 Å². The van der Waals surface area contributed by atoms with Gasteiger partial charge in [-0.25, -0.2) is 0 Å². The fraction of sp³-hybridized carbons (Fsp3) is 0.800. The first kappa shape index (κ1) is 11.9. The normalized spacial score (nSPS) is 9.67. The number of nitrogens with one attached hydrogen (secondary N) is 1. The minimum atomic E-state index is 0.922.